The maximum Gasteiger partial charge on any atom is 0.177 e. The van der Waals surface area contributed by atoms with E-state index in [1.165, 1.54) is 5.56 Å². The number of pyridine rings is 1. The Hall–Kier alpha value is -2.11. The Morgan fingerprint density at radius 3 is 2.60 bits per heavy atom. The van der Waals surface area contributed by atoms with Gasteiger partial charge in [0.15, 0.2) is 5.65 Å². The number of ether oxygens (including phenoxy) is 1. The van der Waals surface area contributed by atoms with E-state index in [0.29, 0.717) is 10.9 Å². The van der Waals surface area contributed by atoms with Crippen LogP contribution in [0.2, 0.25) is 5.02 Å². The predicted molar refractivity (Wildman–Crippen MR) is 120 cm³/mol. The lowest BCUT2D eigenvalue weighted by atomic mass is 9.87. The van der Waals surface area contributed by atoms with Crippen molar-refractivity contribution in [1.82, 2.24) is 19.4 Å². The van der Waals surface area contributed by atoms with Crippen LogP contribution >= 0.6 is 11.6 Å². The van der Waals surface area contributed by atoms with Crippen molar-refractivity contribution in [3.05, 3.63) is 52.9 Å². The van der Waals surface area contributed by atoms with E-state index in [-0.39, 0.29) is 5.41 Å². The fourth-order valence-electron chi connectivity index (χ4n) is 4.80. The Morgan fingerprint density at radius 2 is 1.93 bits per heavy atom. The number of nitrogens with zero attached hydrogens (tertiary/aromatic N) is 4. The zero-order valence-electron chi connectivity index (χ0n) is 18.1. The molecule has 3 heterocycles. The molecule has 1 saturated carbocycles. The van der Waals surface area contributed by atoms with Gasteiger partial charge >= 0.3 is 0 Å². The highest BCUT2D eigenvalue weighted by atomic mass is 35.5. The van der Waals surface area contributed by atoms with Crippen LogP contribution in [0.5, 0.6) is 5.75 Å². The van der Waals surface area contributed by atoms with Crippen molar-refractivity contribution < 1.29 is 4.74 Å². The lowest BCUT2D eigenvalue weighted by Gasteiger charge is -2.21. The third-order valence-electron chi connectivity index (χ3n) is 6.79. The summed E-state index contributed by atoms with van der Waals surface area (Å²) in [6.45, 7) is 10.5. The van der Waals surface area contributed by atoms with Gasteiger partial charge in [-0.1, -0.05) is 38.4 Å². The maximum absolute atomic E-state index is 6.47. The summed E-state index contributed by atoms with van der Waals surface area (Å²) in [6.07, 6.45) is 1.80. The minimum atomic E-state index is 0.0915. The lowest BCUT2D eigenvalue weighted by Crippen LogP contribution is -2.26. The van der Waals surface area contributed by atoms with Gasteiger partial charge in [-0.2, -0.15) is 0 Å². The van der Waals surface area contributed by atoms with E-state index in [1.54, 1.807) is 6.20 Å². The minimum absolute atomic E-state index is 0.0915. The molecule has 5 rings (SSSR count). The van der Waals surface area contributed by atoms with Crippen molar-refractivity contribution in [3.63, 3.8) is 0 Å². The molecule has 0 spiro atoms. The van der Waals surface area contributed by atoms with Gasteiger partial charge in [-0.3, -0.25) is 4.90 Å². The van der Waals surface area contributed by atoms with Gasteiger partial charge in [-0.25, -0.2) is 9.97 Å². The zero-order chi connectivity index (χ0) is 21.0. The Bertz CT molecular complexity index is 1070. The Labute approximate surface area is 183 Å². The van der Waals surface area contributed by atoms with E-state index in [9.17, 15) is 0 Å². The van der Waals surface area contributed by atoms with Crippen LogP contribution in [0.15, 0.2) is 36.5 Å². The second-order valence-corrected chi connectivity index (χ2v) is 10.2. The summed E-state index contributed by atoms with van der Waals surface area (Å²) in [7, 11) is 2.08. The maximum atomic E-state index is 6.47. The van der Waals surface area contributed by atoms with Gasteiger partial charge in [0.05, 0.1) is 23.7 Å². The molecular formula is C24H29ClN4O. The highest BCUT2D eigenvalue weighted by Crippen LogP contribution is 2.52. The number of benzene rings is 1. The van der Waals surface area contributed by atoms with Crippen LogP contribution in [0.1, 0.15) is 32.2 Å². The first kappa shape index (κ1) is 19.8. The minimum Gasteiger partial charge on any atom is -0.492 e. The Balaban J connectivity index is 1.15. The summed E-state index contributed by atoms with van der Waals surface area (Å²) in [4.78, 5) is 11.6. The molecule has 6 heteroatoms. The number of imidazole rings is 1. The quantitative estimate of drug-likeness (QED) is 0.596. The zero-order valence-corrected chi connectivity index (χ0v) is 18.9. The molecule has 1 unspecified atom stereocenters. The molecule has 30 heavy (non-hydrogen) atoms. The molecule has 2 aromatic heterocycles. The molecule has 1 aliphatic carbocycles. The smallest absolute Gasteiger partial charge is 0.177 e. The molecule has 0 N–H and O–H groups in total. The first-order valence-electron chi connectivity index (χ1n) is 10.7. The van der Waals surface area contributed by atoms with Gasteiger partial charge in [-0.15, -0.1) is 0 Å². The molecule has 2 aliphatic rings. The molecule has 0 amide bonds. The lowest BCUT2D eigenvalue weighted by molar-refractivity contribution is 0.226. The highest BCUT2D eigenvalue weighted by Gasteiger charge is 2.55. The number of rotatable bonds is 5. The van der Waals surface area contributed by atoms with Crippen molar-refractivity contribution in [2.24, 2.45) is 24.8 Å². The number of aromatic nitrogens is 3. The monoisotopic (exact) mass is 424 g/mol. The van der Waals surface area contributed by atoms with E-state index in [0.717, 1.165) is 60.8 Å². The second-order valence-electron chi connectivity index (χ2n) is 9.83. The molecule has 0 bridgehead atoms. The third-order valence-corrected chi connectivity index (χ3v) is 7.09. The Kier molecular flexibility index (Phi) is 4.79. The van der Waals surface area contributed by atoms with Crippen LogP contribution in [0, 0.1) is 17.8 Å². The van der Waals surface area contributed by atoms with Gasteiger partial charge in [0.1, 0.15) is 11.6 Å². The SMILES string of the molecule is Cn1c(CN2C[C@@H]3C(COc4ccc(C(C)(C)C)cc4Cl)[C@@H]3C2)nc2ncccc21. The average molecular weight is 425 g/mol. The number of hydrogen-bond acceptors (Lipinski definition) is 4. The second kappa shape index (κ2) is 7.24. The van der Waals surface area contributed by atoms with Crippen LogP contribution in [-0.4, -0.2) is 39.1 Å². The molecule has 1 aliphatic heterocycles. The molecule has 158 valence electrons. The van der Waals surface area contributed by atoms with E-state index in [1.807, 2.05) is 18.2 Å². The van der Waals surface area contributed by atoms with Crippen LogP contribution in [0.25, 0.3) is 11.2 Å². The molecule has 1 aromatic carbocycles. The van der Waals surface area contributed by atoms with Gasteiger partial charge < -0.3 is 9.30 Å². The van der Waals surface area contributed by atoms with Crippen LogP contribution in [0.4, 0.5) is 0 Å². The molecular weight excluding hydrogens is 396 g/mol. The van der Waals surface area contributed by atoms with E-state index >= 15 is 0 Å². The van der Waals surface area contributed by atoms with Gasteiger partial charge in [0.25, 0.3) is 0 Å². The number of aryl methyl sites for hydroxylation is 1. The average Bonchev–Trinajstić information content (AvgIpc) is 3.02. The fraction of sp³-hybridized carbons (Fsp3) is 0.500. The van der Waals surface area contributed by atoms with E-state index in [4.69, 9.17) is 21.3 Å². The number of halogens is 1. The topological polar surface area (TPSA) is 43.2 Å². The summed E-state index contributed by atoms with van der Waals surface area (Å²) in [6, 6.07) is 10.2. The summed E-state index contributed by atoms with van der Waals surface area (Å²) in [5.74, 6) is 3.99. The number of likely N-dealkylation sites (tertiary alicyclic amines) is 1. The molecule has 0 radical (unpaired) electrons. The van der Waals surface area contributed by atoms with E-state index in [2.05, 4.69) is 54.4 Å². The predicted octanol–water partition coefficient (Wildman–Crippen LogP) is 4.68. The first-order valence-corrected chi connectivity index (χ1v) is 11.1. The fourth-order valence-corrected chi connectivity index (χ4v) is 5.03. The van der Waals surface area contributed by atoms with Gasteiger partial charge in [0.2, 0.25) is 0 Å². The molecule has 3 aromatic rings. The molecule has 5 nitrogen and oxygen atoms in total. The number of hydrogen-bond donors (Lipinski definition) is 0. The third kappa shape index (κ3) is 3.58. The van der Waals surface area contributed by atoms with Crippen molar-refractivity contribution in [2.75, 3.05) is 19.7 Å². The van der Waals surface area contributed by atoms with Crippen LogP contribution in [-0.2, 0) is 19.0 Å². The summed E-state index contributed by atoms with van der Waals surface area (Å²) in [5.41, 5.74) is 3.25. The standard InChI is InChI=1S/C24H29ClN4O/c1-24(2,3)15-7-8-21(19(25)10-15)30-14-18-16-11-29(12-17(16)18)13-22-27-23-20(28(22)4)6-5-9-26-23/h5-10,16-18H,11-14H2,1-4H3/t16-,17+,18?. The van der Waals surface area contributed by atoms with Gasteiger partial charge in [0, 0.05) is 32.3 Å². The summed E-state index contributed by atoms with van der Waals surface area (Å²) < 4.78 is 8.26. The van der Waals surface area contributed by atoms with Crippen molar-refractivity contribution in [3.8, 4) is 5.75 Å². The highest BCUT2D eigenvalue weighted by molar-refractivity contribution is 6.32. The van der Waals surface area contributed by atoms with Crippen LogP contribution < -0.4 is 4.74 Å². The molecule has 1 saturated heterocycles. The first-order chi connectivity index (χ1) is 14.3. The van der Waals surface area contributed by atoms with E-state index < -0.39 is 0 Å². The summed E-state index contributed by atoms with van der Waals surface area (Å²) >= 11 is 6.47. The number of piperidine rings is 1. The largest absolute Gasteiger partial charge is 0.492 e. The Morgan fingerprint density at radius 1 is 1.17 bits per heavy atom. The van der Waals surface area contributed by atoms with Crippen molar-refractivity contribution in [2.45, 2.75) is 32.7 Å². The van der Waals surface area contributed by atoms with Crippen LogP contribution in [0.3, 0.4) is 0 Å². The number of fused-ring (bicyclic) bond motifs is 2. The normalized spacial score (nSPS) is 23.7. The molecule has 3 atom stereocenters. The van der Waals surface area contributed by atoms with Crippen molar-refractivity contribution >= 4 is 22.8 Å². The van der Waals surface area contributed by atoms with Crippen molar-refractivity contribution in [1.29, 1.82) is 0 Å². The summed E-state index contributed by atoms with van der Waals surface area (Å²) in [5, 5.41) is 0.713. The molecule has 2 fully saturated rings. The van der Waals surface area contributed by atoms with Gasteiger partial charge in [-0.05, 0) is 47.1 Å².